The monoisotopic (exact) mass is 374 g/mol. The first kappa shape index (κ1) is 17.5. The molecule has 7 heteroatoms. The van der Waals surface area contributed by atoms with E-state index in [0.717, 1.165) is 45.0 Å². The molecule has 0 unspecified atom stereocenters. The number of halogens is 1. The fourth-order valence-electron chi connectivity index (χ4n) is 3.61. The molecule has 3 heterocycles. The molecular formula is C19H23ClN4O2. The van der Waals surface area contributed by atoms with Gasteiger partial charge in [-0.05, 0) is 12.5 Å². The van der Waals surface area contributed by atoms with Crippen molar-refractivity contribution in [1.29, 1.82) is 0 Å². The van der Waals surface area contributed by atoms with Crippen molar-refractivity contribution in [2.45, 2.75) is 19.5 Å². The van der Waals surface area contributed by atoms with Crippen molar-refractivity contribution in [2.75, 3.05) is 39.4 Å². The maximum absolute atomic E-state index is 12.9. The molecule has 138 valence electrons. The lowest BCUT2D eigenvalue weighted by Crippen LogP contribution is -2.62. The number of aryl methyl sites for hydroxylation is 1. The molecular weight excluding hydrogens is 352 g/mol. The molecule has 1 amide bonds. The van der Waals surface area contributed by atoms with E-state index < -0.39 is 0 Å². The number of benzene rings is 1. The molecule has 0 N–H and O–H groups in total. The smallest absolute Gasteiger partial charge is 0.259 e. The summed E-state index contributed by atoms with van der Waals surface area (Å²) in [4.78, 5) is 17.2. The third-order valence-corrected chi connectivity index (χ3v) is 5.55. The number of rotatable bonds is 4. The van der Waals surface area contributed by atoms with E-state index in [4.69, 9.17) is 16.3 Å². The minimum atomic E-state index is -0.0173. The van der Waals surface area contributed by atoms with Crippen LogP contribution in [0.15, 0.2) is 30.3 Å². The molecule has 26 heavy (non-hydrogen) atoms. The molecule has 0 saturated carbocycles. The number of carbonyl (C=O) groups excluding carboxylic acids is 1. The summed E-state index contributed by atoms with van der Waals surface area (Å²) in [5, 5.41) is 4.91. The van der Waals surface area contributed by atoms with Gasteiger partial charge in [0.1, 0.15) is 5.15 Å². The van der Waals surface area contributed by atoms with Crippen LogP contribution in [-0.2, 0) is 11.3 Å². The zero-order valence-corrected chi connectivity index (χ0v) is 15.7. The van der Waals surface area contributed by atoms with E-state index in [-0.39, 0.29) is 5.91 Å². The standard InChI is InChI=1S/C19H23ClN4O2/c1-14-17(18(20)24(21-14)11-15-5-3-2-4-6-15)19(25)23-12-16(13-23)22-7-9-26-10-8-22/h2-6,16H,7-13H2,1H3. The van der Waals surface area contributed by atoms with E-state index in [1.807, 2.05) is 42.2 Å². The van der Waals surface area contributed by atoms with Crippen molar-refractivity contribution in [3.63, 3.8) is 0 Å². The van der Waals surface area contributed by atoms with Crippen LogP contribution in [0, 0.1) is 6.92 Å². The second-order valence-electron chi connectivity index (χ2n) is 6.91. The number of morpholine rings is 1. The number of likely N-dealkylation sites (tertiary alicyclic amines) is 1. The average Bonchev–Trinajstić information content (AvgIpc) is 2.89. The zero-order chi connectivity index (χ0) is 18.1. The Morgan fingerprint density at radius 1 is 1.23 bits per heavy atom. The molecule has 1 aromatic carbocycles. The minimum absolute atomic E-state index is 0.0173. The summed E-state index contributed by atoms with van der Waals surface area (Å²) in [6, 6.07) is 10.4. The van der Waals surface area contributed by atoms with E-state index >= 15 is 0 Å². The molecule has 1 aromatic heterocycles. The fourth-order valence-corrected chi connectivity index (χ4v) is 3.93. The van der Waals surface area contributed by atoms with Gasteiger partial charge in [0, 0.05) is 32.2 Å². The molecule has 2 aliphatic rings. The molecule has 0 radical (unpaired) electrons. The molecule has 0 aliphatic carbocycles. The number of ether oxygens (including phenoxy) is 1. The van der Waals surface area contributed by atoms with Crippen molar-refractivity contribution in [1.82, 2.24) is 19.6 Å². The first-order valence-corrected chi connectivity index (χ1v) is 9.39. The maximum atomic E-state index is 12.9. The molecule has 0 atom stereocenters. The van der Waals surface area contributed by atoms with Crippen LogP contribution < -0.4 is 0 Å². The molecule has 4 rings (SSSR count). The normalized spacial score (nSPS) is 18.8. The Morgan fingerprint density at radius 2 is 1.92 bits per heavy atom. The van der Waals surface area contributed by atoms with E-state index in [2.05, 4.69) is 10.00 Å². The van der Waals surface area contributed by atoms with Crippen LogP contribution in [-0.4, -0.2) is 70.9 Å². The second-order valence-corrected chi connectivity index (χ2v) is 7.26. The Hall–Kier alpha value is -1.89. The van der Waals surface area contributed by atoms with Crippen molar-refractivity contribution < 1.29 is 9.53 Å². The molecule has 2 saturated heterocycles. The van der Waals surface area contributed by atoms with Gasteiger partial charge in [-0.25, -0.2) is 4.68 Å². The average molecular weight is 375 g/mol. The Labute approximate surface area is 158 Å². The Balaban J connectivity index is 1.44. The van der Waals surface area contributed by atoms with Crippen LogP contribution in [0.25, 0.3) is 0 Å². The van der Waals surface area contributed by atoms with Gasteiger partial charge >= 0.3 is 0 Å². The topological polar surface area (TPSA) is 50.6 Å². The number of nitrogens with zero attached hydrogens (tertiary/aromatic N) is 4. The summed E-state index contributed by atoms with van der Waals surface area (Å²) >= 11 is 6.51. The predicted octanol–water partition coefficient (Wildman–Crippen LogP) is 2.05. The molecule has 0 spiro atoms. The lowest BCUT2D eigenvalue weighted by atomic mass is 10.0. The van der Waals surface area contributed by atoms with Gasteiger partial charge in [0.05, 0.1) is 31.0 Å². The highest BCUT2D eigenvalue weighted by Gasteiger charge is 2.37. The summed E-state index contributed by atoms with van der Waals surface area (Å²) in [6.07, 6.45) is 0. The largest absolute Gasteiger partial charge is 0.379 e. The van der Waals surface area contributed by atoms with Crippen LogP contribution in [0.4, 0.5) is 0 Å². The molecule has 2 aromatic rings. The van der Waals surface area contributed by atoms with E-state index in [0.29, 0.717) is 29.0 Å². The molecule has 2 fully saturated rings. The Bertz CT molecular complexity index is 780. The lowest BCUT2D eigenvalue weighted by Gasteiger charge is -2.46. The van der Waals surface area contributed by atoms with Crippen molar-refractivity contribution in [2.24, 2.45) is 0 Å². The quantitative estimate of drug-likeness (QED) is 0.822. The zero-order valence-electron chi connectivity index (χ0n) is 14.9. The third kappa shape index (κ3) is 3.37. The third-order valence-electron chi connectivity index (χ3n) is 5.17. The van der Waals surface area contributed by atoms with Gasteiger partial charge in [0.2, 0.25) is 0 Å². The summed E-state index contributed by atoms with van der Waals surface area (Å²) in [7, 11) is 0. The highest BCUT2D eigenvalue weighted by molar-refractivity contribution is 6.33. The van der Waals surface area contributed by atoms with Crippen LogP contribution in [0.2, 0.25) is 5.15 Å². The van der Waals surface area contributed by atoms with Crippen LogP contribution >= 0.6 is 11.6 Å². The Morgan fingerprint density at radius 3 is 2.62 bits per heavy atom. The van der Waals surface area contributed by atoms with Crippen LogP contribution in [0.5, 0.6) is 0 Å². The maximum Gasteiger partial charge on any atom is 0.259 e. The van der Waals surface area contributed by atoms with E-state index in [9.17, 15) is 4.79 Å². The fraction of sp³-hybridized carbons (Fsp3) is 0.474. The minimum Gasteiger partial charge on any atom is -0.379 e. The summed E-state index contributed by atoms with van der Waals surface area (Å²) in [5.74, 6) is -0.0173. The van der Waals surface area contributed by atoms with Gasteiger partial charge in [-0.15, -0.1) is 0 Å². The first-order valence-electron chi connectivity index (χ1n) is 9.01. The van der Waals surface area contributed by atoms with Gasteiger partial charge in [-0.2, -0.15) is 5.10 Å². The summed E-state index contributed by atoms with van der Waals surface area (Å²) < 4.78 is 7.10. The molecule has 6 nitrogen and oxygen atoms in total. The highest BCUT2D eigenvalue weighted by Crippen LogP contribution is 2.26. The summed E-state index contributed by atoms with van der Waals surface area (Å²) in [5.41, 5.74) is 2.32. The van der Waals surface area contributed by atoms with Gasteiger partial charge < -0.3 is 9.64 Å². The number of amides is 1. The number of aromatic nitrogens is 2. The SMILES string of the molecule is Cc1nn(Cc2ccccc2)c(Cl)c1C(=O)N1CC(N2CCOCC2)C1. The van der Waals surface area contributed by atoms with Crippen LogP contribution in [0.3, 0.4) is 0 Å². The lowest BCUT2D eigenvalue weighted by molar-refractivity contribution is -0.0256. The number of carbonyl (C=O) groups is 1. The highest BCUT2D eigenvalue weighted by atomic mass is 35.5. The molecule has 2 aliphatic heterocycles. The van der Waals surface area contributed by atoms with Gasteiger partial charge in [0.25, 0.3) is 5.91 Å². The van der Waals surface area contributed by atoms with E-state index in [1.165, 1.54) is 0 Å². The van der Waals surface area contributed by atoms with Crippen molar-refractivity contribution >= 4 is 17.5 Å². The van der Waals surface area contributed by atoms with Gasteiger partial charge in [-0.3, -0.25) is 9.69 Å². The number of hydrogen-bond acceptors (Lipinski definition) is 4. The van der Waals surface area contributed by atoms with Gasteiger partial charge in [0.15, 0.2) is 0 Å². The molecule has 0 bridgehead atoms. The summed E-state index contributed by atoms with van der Waals surface area (Å²) in [6.45, 7) is 7.35. The number of hydrogen-bond donors (Lipinski definition) is 0. The van der Waals surface area contributed by atoms with Gasteiger partial charge in [-0.1, -0.05) is 41.9 Å². The van der Waals surface area contributed by atoms with Crippen molar-refractivity contribution in [3.8, 4) is 0 Å². The Kier molecular flexibility index (Phi) is 4.98. The van der Waals surface area contributed by atoms with E-state index in [1.54, 1.807) is 4.68 Å². The first-order chi connectivity index (χ1) is 12.6. The second kappa shape index (κ2) is 7.39. The van der Waals surface area contributed by atoms with Crippen LogP contribution in [0.1, 0.15) is 21.6 Å². The predicted molar refractivity (Wildman–Crippen MR) is 99.6 cm³/mol. The van der Waals surface area contributed by atoms with Crippen molar-refractivity contribution in [3.05, 3.63) is 52.3 Å².